The van der Waals surface area contributed by atoms with Crippen molar-refractivity contribution in [3.05, 3.63) is 71.8 Å². The molecule has 2 rings (SSSR count). The van der Waals surface area contributed by atoms with Gasteiger partial charge in [-0.2, -0.15) is 0 Å². The van der Waals surface area contributed by atoms with Gasteiger partial charge in [-0.05, 0) is 58.1 Å². The average Bonchev–Trinajstić information content (AvgIpc) is 2.84. The third-order valence-electron chi connectivity index (χ3n) is 7.40. The van der Waals surface area contributed by atoms with Crippen molar-refractivity contribution in [3.8, 4) is 0 Å². The first kappa shape index (κ1) is 32.6. The maximum absolute atomic E-state index is 13.4. The molecule has 2 aromatic rings. The molecule has 0 saturated heterocycles. The van der Waals surface area contributed by atoms with Gasteiger partial charge < -0.3 is 14.9 Å². The minimum atomic E-state index is -0.399. The fraction of sp³-hybridized carbons (Fsp3) is 0.533. The number of aliphatic hydroxyl groups excluding tert-OH is 1. The van der Waals surface area contributed by atoms with Crippen LogP contribution in [0.3, 0.4) is 0 Å². The zero-order valence-electron chi connectivity index (χ0n) is 23.6. The smallest absolute Gasteiger partial charge is 0.236 e. The van der Waals surface area contributed by atoms with Crippen molar-refractivity contribution in [2.45, 2.75) is 71.0 Å². The summed E-state index contributed by atoms with van der Waals surface area (Å²) in [5, 5.41) is 10.0. The number of amides is 2. The maximum Gasteiger partial charge on any atom is 0.236 e. The number of nitrogens with zero attached hydrogens (tertiary/aromatic N) is 3. The van der Waals surface area contributed by atoms with E-state index in [4.69, 9.17) is 0 Å². The van der Waals surface area contributed by atoms with E-state index in [2.05, 4.69) is 52.0 Å². The monoisotopic (exact) mass is 531 g/mol. The number of likely N-dealkylation sites (N-methyl/N-ethyl adjacent to an activating group) is 2. The highest BCUT2D eigenvalue weighted by Gasteiger charge is 2.33. The molecule has 37 heavy (non-hydrogen) atoms. The van der Waals surface area contributed by atoms with E-state index in [1.165, 1.54) is 11.1 Å². The Morgan fingerprint density at radius 3 is 1.41 bits per heavy atom. The molecule has 0 spiro atoms. The Morgan fingerprint density at radius 1 is 0.757 bits per heavy atom. The van der Waals surface area contributed by atoms with Crippen molar-refractivity contribution in [1.82, 2.24) is 14.7 Å². The first-order chi connectivity index (χ1) is 16.9. The second-order valence-electron chi connectivity index (χ2n) is 11.0. The summed E-state index contributed by atoms with van der Waals surface area (Å²) in [6.45, 7) is 10.2. The van der Waals surface area contributed by atoms with Gasteiger partial charge in [0.2, 0.25) is 11.8 Å². The Bertz CT molecular complexity index is 889. The lowest BCUT2D eigenvalue weighted by molar-refractivity contribution is -0.140. The average molecular weight is 532 g/mol. The fourth-order valence-electron chi connectivity index (χ4n) is 4.48. The van der Waals surface area contributed by atoms with E-state index in [0.717, 1.165) is 12.8 Å². The minimum Gasteiger partial charge on any atom is -0.395 e. The van der Waals surface area contributed by atoms with Gasteiger partial charge in [0.05, 0.1) is 19.7 Å². The molecule has 0 aliphatic carbocycles. The largest absolute Gasteiger partial charge is 0.395 e. The molecule has 0 saturated carbocycles. The molecule has 1 atom stereocenters. The molecule has 0 aliphatic heterocycles. The Morgan fingerprint density at radius 2 is 1.11 bits per heavy atom. The summed E-state index contributed by atoms with van der Waals surface area (Å²) in [7, 11) is 3.64. The van der Waals surface area contributed by atoms with Crippen LogP contribution in [-0.2, 0) is 22.4 Å². The van der Waals surface area contributed by atoms with Crippen LogP contribution in [-0.4, -0.2) is 82.5 Å². The first-order valence-corrected chi connectivity index (χ1v) is 12.9. The normalized spacial score (nSPS) is 12.6. The summed E-state index contributed by atoms with van der Waals surface area (Å²) in [5.41, 5.74) is 1.53. The molecular formula is C30H46ClN3O3. The third kappa shape index (κ3) is 9.44. The van der Waals surface area contributed by atoms with Crippen LogP contribution < -0.4 is 0 Å². The fourth-order valence-corrected chi connectivity index (χ4v) is 4.48. The van der Waals surface area contributed by atoms with Crippen molar-refractivity contribution in [3.63, 3.8) is 0 Å². The van der Waals surface area contributed by atoms with Crippen LogP contribution in [0.4, 0.5) is 0 Å². The van der Waals surface area contributed by atoms with Gasteiger partial charge in [-0.3, -0.25) is 14.5 Å². The molecule has 1 unspecified atom stereocenters. The van der Waals surface area contributed by atoms with E-state index in [0.29, 0.717) is 6.42 Å². The van der Waals surface area contributed by atoms with Gasteiger partial charge >= 0.3 is 0 Å². The lowest BCUT2D eigenvalue weighted by Crippen LogP contribution is -2.55. The number of carbonyl (C=O) groups excluding carboxylic acids is 2. The van der Waals surface area contributed by atoms with Crippen LogP contribution >= 0.6 is 12.4 Å². The predicted molar refractivity (Wildman–Crippen MR) is 154 cm³/mol. The van der Waals surface area contributed by atoms with Crippen molar-refractivity contribution in [2.24, 2.45) is 0 Å². The summed E-state index contributed by atoms with van der Waals surface area (Å²) in [4.78, 5) is 32.2. The van der Waals surface area contributed by atoms with E-state index < -0.39 is 11.1 Å². The van der Waals surface area contributed by atoms with Gasteiger partial charge in [0, 0.05) is 31.2 Å². The lowest BCUT2D eigenvalue weighted by atomic mass is 9.93. The molecule has 206 valence electrons. The molecule has 1 N–H and O–H groups in total. The Labute approximate surface area is 230 Å². The molecule has 2 aromatic carbocycles. The van der Waals surface area contributed by atoms with Crippen molar-refractivity contribution in [1.29, 1.82) is 0 Å². The van der Waals surface area contributed by atoms with E-state index in [1.54, 1.807) is 9.80 Å². The number of hydrogen-bond donors (Lipinski definition) is 1. The lowest BCUT2D eigenvalue weighted by Gasteiger charge is -2.40. The number of halogens is 1. The van der Waals surface area contributed by atoms with Crippen LogP contribution in [0.25, 0.3) is 0 Å². The zero-order valence-corrected chi connectivity index (χ0v) is 24.4. The minimum absolute atomic E-state index is 0. The van der Waals surface area contributed by atoms with Gasteiger partial charge in [0.15, 0.2) is 0 Å². The summed E-state index contributed by atoms with van der Waals surface area (Å²) < 4.78 is 0. The highest BCUT2D eigenvalue weighted by Crippen LogP contribution is 2.22. The molecule has 6 nitrogen and oxygen atoms in total. The topological polar surface area (TPSA) is 64.1 Å². The Hall–Kier alpha value is -2.41. The standard InChI is InChI=1S/C30H45N3O3.ClH/c1-8-26(23-34)33(21-27(35)31(6)29(2,3)19-24-15-11-9-12-16-24)22-28(36)32(7)30(4,5)20-25-17-13-10-14-18-25;/h9-18,26,34H,8,19-23H2,1-7H3;1H. The van der Waals surface area contributed by atoms with Crippen LogP contribution in [0.1, 0.15) is 52.2 Å². The molecule has 2 amide bonds. The van der Waals surface area contributed by atoms with E-state index >= 15 is 0 Å². The SMILES string of the molecule is CCC(CO)N(CC(=O)N(C)C(C)(C)Cc1ccccc1)CC(=O)N(C)C(C)(C)Cc1ccccc1.Cl. The molecule has 0 fully saturated rings. The van der Waals surface area contributed by atoms with Gasteiger partial charge in [-0.15, -0.1) is 12.4 Å². The molecule has 0 heterocycles. The molecular weight excluding hydrogens is 486 g/mol. The van der Waals surface area contributed by atoms with E-state index in [-0.39, 0.29) is 50.0 Å². The summed E-state index contributed by atoms with van der Waals surface area (Å²) in [6.07, 6.45) is 2.09. The van der Waals surface area contributed by atoms with Crippen molar-refractivity contribution < 1.29 is 14.7 Å². The van der Waals surface area contributed by atoms with E-state index in [9.17, 15) is 14.7 Å². The van der Waals surface area contributed by atoms with Gasteiger partial charge in [0.1, 0.15) is 0 Å². The second kappa shape index (κ2) is 14.5. The number of carbonyl (C=O) groups is 2. The van der Waals surface area contributed by atoms with Crippen LogP contribution in [0, 0.1) is 0 Å². The highest BCUT2D eigenvalue weighted by atomic mass is 35.5. The number of aliphatic hydroxyl groups is 1. The second-order valence-corrected chi connectivity index (χ2v) is 11.0. The van der Waals surface area contributed by atoms with Gasteiger partial charge in [-0.1, -0.05) is 67.6 Å². The van der Waals surface area contributed by atoms with Crippen molar-refractivity contribution in [2.75, 3.05) is 33.8 Å². The third-order valence-corrected chi connectivity index (χ3v) is 7.40. The molecule has 7 heteroatoms. The molecule has 0 aromatic heterocycles. The number of benzene rings is 2. The van der Waals surface area contributed by atoms with Crippen LogP contribution in [0.15, 0.2) is 60.7 Å². The molecule has 0 radical (unpaired) electrons. The number of rotatable bonds is 13. The molecule has 0 aliphatic rings. The van der Waals surface area contributed by atoms with Crippen molar-refractivity contribution >= 4 is 24.2 Å². The number of hydrogen-bond acceptors (Lipinski definition) is 4. The van der Waals surface area contributed by atoms with Gasteiger partial charge in [-0.25, -0.2) is 0 Å². The summed E-state index contributed by atoms with van der Waals surface area (Å²) >= 11 is 0. The molecule has 0 bridgehead atoms. The van der Waals surface area contributed by atoms with Gasteiger partial charge in [0.25, 0.3) is 0 Å². The predicted octanol–water partition coefficient (Wildman–Crippen LogP) is 4.44. The zero-order chi connectivity index (χ0) is 26.9. The van der Waals surface area contributed by atoms with Crippen LogP contribution in [0.2, 0.25) is 0 Å². The van der Waals surface area contributed by atoms with Crippen LogP contribution in [0.5, 0.6) is 0 Å². The summed E-state index contributed by atoms with van der Waals surface area (Å²) in [6, 6.07) is 20.0. The quantitative estimate of drug-likeness (QED) is 0.415. The maximum atomic E-state index is 13.4. The Balaban J connectivity index is 0.00000684. The first-order valence-electron chi connectivity index (χ1n) is 12.9. The Kier molecular flexibility index (Phi) is 12.8. The highest BCUT2D eigenvalue weighted by molar-refractivity contribution is 5.85. The summed E-state index contributed by atoms with van der Waals surface area (Å²) in [5.74, 6) is -0.136. The van der Waals surface area contributed by atoms with E-state index in [1.807, 2.05) is 62.3 Å².